The van der Waals surface area contributed by atoms with Gasteiger partial charge in [-0.15, -0.1) is 0 Å². The van der Waals surface area contributed by atoms with E-state index in [4.69, 9.17) is 5.41 Å². The summed E-state index contributed by atoms with van der Waals surface area (Å²) in [7, 11) is 0. The molecule has 5 rings (SSSR count). The second-order valence-corrected chi connectivity index (χ2v) is 5.96. The molecule has 0 saturated carbocycles. The Morgan fingerprint density at radius 1 is 0.870 bits per heavy atom. The number of nitrogens with one attached hydrogen (secondary N) is 1. The number of pyridine rings is 1. The average Bonchev–Trinajstić information content (AvgIpc) is 3.11. The molecule has 0 radical (unpaired) electrons. The number of nitrogens with zero attached hydrogens (tertiary/aromatic N) is 2. The molecule has 0 spiro atoms. The van der Waals surface area contributed by atoms with E-state index in [0.717, 1.165) is 23.3 Å². The molecule has 0 amide bonds. The molecular weight excluding hydrogens is 282 g/mol. The van der Waals surface area contributed by atoms with Crippen molar-refractivity contribution in [3.63, 3.8) is 0 Å². The van der Waals surface area contributed by atoms with Crippen molar-refractivity contribution in [1.29, 1.82) is 5.41 Å². The van der Waals surface area contributed by atoms with Crippen LogP contribution in [0.2, 0.25) is 0 Å². The van der Waals surface area contributed by atoms with Crippen LogP contribution in [0.25, 0.3) is 16.3 Å². The molecule has 0 fully saturated rings. The molecule has 0 atom stereocenters. The molecule has 1 N–H and O–H groups in total. The Morgan fingerprint density at radius 2 is 1.70 bits per heavy atom. The lowest BCUT2D eigenvalue weighted by Gasteiger charge is -2.20. The van der Waals surface area contributed by atoms with E-state index in [1.807, 2.05) is 18.3 Å². The zero-order valence-corrected chi connectivity index (χ0v) is 12.5. The van der Waals surface area contributed by atoms with Gasteiger partial charge in [0.05, 0.1) is 17.7 Å². The van der Waals surface area contributed by atoms with Crippen molar-refractivity contribution < 1.29 is 0 Å². The molecular formula is C20H15N3. The summed E-state index contributed by atoms with van der Waals surface area (Å²) in [5.41, 5.74) is 4.49. The van der Waals surface area contributed by atoms with Crippen LogP contribution in [0, 0.1) is 5.41 Å². The van der Waals surface area contributed by atoms with Crippen LogP contribution >= 0.6 is 0 Å². The maximum Gasteiger partial charge on any atom is 0.135 e. The number of aromatic nitrogens is 1. The largest absolute Gasteiger partial charge is 0.323 e. The van der Waals surface area contributed by atoms with Crippen LogP contribution < -0.4 is 4.90 Å². The van der Waals surface area contributed by atoms with Gasteiger partial charge < -0.3 is 9.30 Å². The van der Waals surface area contributed by atoms with Gasteiger partial charge in [0, 0.05) is 28.9 Å². The molecule has 1 aliphatic rings. The molecule has 0 bridgehead atoms. The molecule has 0 saturated heterocycles. The van der Waals surface area contributed by atoms with Gasteiger partial charge in [0.25, 0.3) is 0 Å². The molecule has 3 heteroatoms. The lowest BCUT2D eigenvalue weighted by Crippen LogP contribution is -2.23. The Bertz CT molecular complexity index is 1070. The molecule has 3 heterocycles. The van der Waals surface area contributed by atoms with Gasteiger partial charge in [-0.1, -0.05) is 42.5 Å². The molecule has 110 valence electrons. The van der Waals surface area contributed by atoms with E-state index in [9.17, 15) is 0 Å². The SMILES string of the molecule is N=C1c2c(cn3ccccc23)CN1c1cccc2ccccc12. The monoisotopic (exact) mass is 297 g/mol. The normalized spacial score (nSPS) is 13.9. The second-order valence-electron chi connectivity index (χ2n) is 5.96. The molecule has 0 aliphatic carbocycles. The number of anilines is 1. The van der Waals surface area contributed by atoms with Crippen molar-refractivity contribution in [1.82, 2.24) is 4.40 Å². The summed E-state index contributed by atoms with van der Waals surface area (Å²) < 4.78 is 2.11. The van der Waals surface area contributed by atoms with Gasteiger partial charge in [0.1, 0.15) is 5.84 Å². The van der Waals surface area contributed by atoms with Crippen LogP contribution in [-0.4, -0.2) is 10.2 Å². The van der Waals surface area contributed by atoms with Gasteiger partial charge >= 0.3 is 0 Å². The highest BCUT2D eigenvalue weighted by Crippen LogP contribution is 2.35. The van der Waals surface area contributed by atoms with Crippen LogP contribution in [0.5, 0.6) is 0 Å². The van der Waals surface area contributed by atoms with Gasteiger partial charge in [0.2, 0.25) is 0 Å². The van der Waals surface area contributed by atoms with E-state index in [1.54, 1.807) is 0 Å². The van der Waals surface area contributed by atoms with Crippen molar-refractivity contribution in [2.24, 2.45) is 0 Å². The van der Waals surface area contributed by atoms with Crippen molar-refractivity contribution >= 4 is 27.8 Å². The number of hydrogen-bond donors (Lipinski definition) is 1. The van der Waals surface area contributed by atoms with Crippen LogP contribution in [0.1, 0.15) is 11.1 Å². The molecule has 1 aliphatic heterocycles. The fourth-order valence-corrected chi connectivity index (χ4v) is 3.60. The first-order valence-electron chi connectivity index (χ1n) is 7.76. The summed E-state index contributed by atoms with van der Waals surface area (Å²) in [5, 5.41) is 11.1. The highest BCUT2D eigenvalue weighted by molar-refractivity contribution is 6.18. The van der Waals surface area contributed by atoms with Crippen molar-refractivity contribution in [3.8, 4) is 0 Å². The minimum atomic E-state index is 0.588. The van der Waals surface area contributed by atoms with Crippen LogP contribution in [0.15, 0.2) is 73.1 Å². The highest BCUT2D eigenvalue weighted by atomic mass is 15.2. The molecule has 2 aromatic heterocycles. The maximum absolute atomic E-state index is 8.71. The van der Waals surface area contributed by atoms with Gasteiger partial charge in [-0.3, -0.25) is 5.41 Å². The van der Waals surface area contributed by atoms with E-state index in [0.29, 0.717) is 5.84 Å². The third-order valence-corrected chi connectivity index (χ3v) is 4.65. The lowest BCUT2D eigenvalue weighted by molar-refractivity contribution is 1.03. The summed E-state index contributed by atoms with van der Waals surface area (Å²) in [6.45, 7) is 0.754. The van der Waals surface area contributed by atoms with Gasteiger partial charge in [-0.05, 0) is 23.6 Å². The standard InChI is InChI=1S/C20H15N3/c21-20-19-15(12-22-11-4-3-9-18(19)22)13-23(20)17-10-5-7-14-6-1-2-8-16(14)17/h1-12,21H,13H2. The molecule has 23 heavy (non-hydrogen) atoms. The smallest absolute Gasteiger partial charge is 0.135 e. The zero-order valence-electron chi connectivity index (χ0n) is 12.5. The topological polar surface area (TPSA) is 31.5 Å². The van der Waals surface area contributed by atoms with Gasteiger partial charge in [0.15, 0.2) is 0 Å². The average molecular weight is 297 g/mol. The third-order valence-electron chi connectivity index (χ3n) is 4.65. The van der Waals surface area contributed by atoms with Gasteiger partial charge in [-0.2, -0.15) is 0 Å². The second kappa shape index (κ2) is 4.46. The number of amidine groups is 1. The van der Waals surface area contributed by atoms with E-state index < -0.39 is 0 Å². The van der Waals surface area contributed by atoms with Crippen LogP contribution in [0.3, 0.4) is 0 Å². The maximum atomic E-state index is 8.71. The third kappa shape index (κ3) is 1.67. The van der Waals surface area contributed by atoms with Crippen LogP contribution in [-0.2, 0) is 6.54 Å². The molecule has 2 aromatic carbocycles. The first-order chi connectivity index (χ1) is 11.3. The van der Waals surface area contributed by atoms with Crippen molar-refractivity contribution in [2.45, 2.75) is 6.54 Å². The minimum Gasteiger partial charge on any atom is -0.323 e. The Hall–Kier alpha value is -3.07. The first-order valence-corrected chi connectivity index (χ1v) is 7.76. The zero-order chi connectivity index (χ0) is 15.4. The predicted octanol–water partition coefficient (Wildman–Crippen LogP) is 4.44. The summed E-state index contributed by atoms with van der Waals surface area (Å²) >= 11 is 0. The predicted molar refractivity (Wildman–Crippen MR) is 94.4 cm³/mol. The first kappa shape index (κ1) is 12.5. The van der Waals surface area contributed by atoms with Crippen molar-refractivity contribution in [3.05, 3.63) is 84.2 Å². The lowest BCUT2D eigenvalue weighted by atomic mass is 10.1. The van der Waals surface area contributed by atoms with E-state index >= 15 is 0 Å². The van der Waals surface area contributed by atoms with Crippen molar-refractivity contribution in [2.75, 3.05) is 4.90 Å². The fourth-order valence-electron chi connectivity index (χ4n) is 3.60. The summed E-state index contributed by atoms with van der Waals surface area (Å²) in [6, 6.07) is 20.8. The molecule has 3 nitrogen and oxygen atoms in total. The van der Waals surface area contributed by atoms with E-state index in [1.165, 1.54) is 16.3 Å². The minimum absolute atomic E-state index is 0.588. The Kier molecular flexibility index (Phi) is 2.42. The summed E-state index contributed by atoms with van der Waals surface area (Å²) in [5.74, 6) is 0.588. The van der Waals surface area contributed by atoms with E-state index in [-0.39, 0.29) is 0 Å². The Labute approximate surface area is 133 Å². The number of fused-ring (bicyclic) bond motifs is 4. The summed E-state index contributed by atoms with van der Waals surface area (Å²) in [6.07, 6.45) is 4.19. The highest BCUT2D eigenvalue weighted by Gasteiger charge is 2.29. The molecule has 4 aromatic rings. The number of hydrogen-bond acceptors (Lipinski definition) is 1. The van der Waals surface area contributed by atoms with E-state index in [2.05, 4.69) is 64.0 Å². The Morgan fingerprint density at radius 3 is 2.65 bits per heavy atom. The molecule has 0 unspecified atom stereocenters. The number of benzene rings is 2. The van der Waals surface area contributed by atoms with Crippen LogP contribution in [0.4, 0.5) is 5.69 Å². The number of rotatable bonds is 1. The Balaban J connectivity index is 1.69. The quantitative estimate of drug-likeness (QED) is 0.553. The summed E-state index contributed by atoms with van der Waals surface area (Å²) in [4.78, 5) is 2.11. The fraction of sp³-hybridized carbons (Fsp3) is 0.0500. The van der Waals surface area contributed by atoms with Gasteiger partial charge in [-0.25, -0.2) is 0 Å².